The van der Waals surface area contributed by atoms with Crippen LogP contribution in [-0.4, -0.2) is 21.9 Å². The summed E-state index contributed by atoms with van der Waals surface area (Å²) in [6, 6.07) is 4.45. The van der Waals surface area contributed by atoms with Crippen molar-refractivity contribution >= 4 is 34.9 Å². The number of carbonyl (C=O) groups is 2. The van der Waals surface area contributed by atoms with Gasteiger partial charge in [-0.15, -0.1) is 0 Å². The SMILES string of the molecule is O=C1Cc2cc(Cl)ccc2N1C(=O)Nc1cncnc1. The van der Waals surface area contributed by atoms with Gasteiger partial charge in [-0.1, -0.05) is 11.6 Å². The second-order valence-electron chi connectivity index (χ2n) is 4.24. The summed E-state index contributed by atoms with van der Waals surface area (Å²) in [5, 5.41) is 3.12. The number of hydrogen-bond donors (Lipinski definition) is 1. The van der Waals surface area contributed by atoms with E-state index in [1.165, 1.54) is 18.7 Å². The van der Waals surface area contributed by atoms with Gasteiger partial charge in [0.1, 0.15) is 6.33 Å². The molecule has 1 N–H and O–H groups in total. The predicted octanol–water partition coefficient (Wildman–Crippen LogP) is 2.25. The summed E-state index contributed by atoms with van der Waals surface area (Å²) < 4.78 is 0. The number of halogens is 1. The van der Waals surface area contributed by atoms with Crippen LogP contribution < -0.4 is 10.2 Å². The molecule has 2 aromatic rings. The van der Waals surface area contributed by atoms with E-state index in [2.05, 4.69) is 15.3 Å². The van der Waals surface area contributed by atoms with Gasteiger partial charge < -0.3 is 5.32 Å². The lowest BCUT2D eigenvalue weighted by molar-refractivity contribution is -0.116. The van der Waals surface area contributed by atoms with E-state index >= 15 is 0 Å². The molecule has 0 bridgehead atoms. The Hall–Kier alpha value is -2.47. The molecule has 0 unspecified atom stereocenters. The number of carbonyl (C=O) groups excluding carboxylic acids is 2. The molecule has 6 nitrogen and oxygen atoms in total. The van der Waals surface area contributed by atoms with E-state index < -0.39 is 6.03 Å². The monoisotopic (exact) mass is 288 g/mol. The Morgan fingerprint density at radius 3 is 2.80 bits per heavy atom. The normalized spacial score (nSPS) is 13.2. The van der Waals surface area contributed by atoms with Crippen molar-refractivity contribution in [1.82, 2.24) is 9.97 Å². The van der Waals surface area contributed by atoms with Crippen molar-refractivity contribution in [3.63, 3.8) is 0 Å². The van der Waals surface area contributed by atoms with Crippen LogP contribution in [0.1, 0.15) is 5.56 Å². The lowest BCUT2D eigenvalue weighted by Gasteiger charge is -2.16. The molecule has 20 heavy (non-hydrogen) atoms. The van der Waals surface area contributed by atoms with Gasteiger partial charge in [-0.3, -0.25) is 4.79 Å². The van der Waals surface area contributed by atoms with Gasteiger partial charge in [0.25, 0.3) is 0 Å². The first kappa shape index (κ1) is 12.6. The zero-order valence-corrected chi connectivity index (χ0v) is 11.0. The van der Waals surface area contributed by atoms with Crippen molar-refractivity contribution in [2.24, 2.45) is 0 Å². The Labute approximate surface area is 119 Å². The summed E-state index contributed by atoms with van der Waals surface area (Å²) in [5.74, 6) is -0.295. The zero-order valence-electron chi connectivity index (χ0n) is 10.2. The average Bonchev–Trinajstić information content (AvgIpc) is 2.74. The summed E-state index contributed by atoms with van der Waals surface area (Å²) in [7, 11) is 0. The molecule has 3 rings (SSSR count). The molecule has 1 aliphatic rings. The van der Waals surface area contributed by atoms with E-state index in [4.69, 9.17) is 11.6 Å². The van der Waals surface area contributed by atoms with Crippen molar-refractivity contribution in [2.45, 2.75) is 6.42 Å². The number of urea groups is 1. The highest BCUT2D eigenvalue weighted by molar-refractivity contribution is 6.31. The smallest absolute Gasteiger partial charge is 0.304 e. The fourth-order valence-electron chi connectivity index (χ4n) is 2.06. The summed E-state index contributed by atoms with van der Waals surface area (Å²) in [5.41, 5.74) is 1.71. The predicted molar refractivity (Wildman–Crippen MR) is 73.7 cm³/mol. The Morgan fingerprint density at radius 2 is 2.05 bits per heavy atom. The van der Waals surface area contributed by atoms with Crippen LogP contribution in [0.4, 0.5) is 16.2 Å². The van der Waals surface area contributed by atoms with Crippen LogP contribution >= 0.6 is 11.6 Å². The summed E-state index contributed by atoms with van der Waals surface area (Å²) in [4.78, 5) is 32.8. The molecule has 2 heterocycles. The first-order chi connectivity index (χ1) is 9.65. The van der Waals surface area contributed by atoms with Gasteiger partial charge in [0.15, 0.2) is 0 Å². The van der Waals surface area contributed by atoms with Crippen molar-refractivity contribution < 1.29 is 9.59 Å². The van der Waals surface area contributed by atoms with E-state index in [9.17, 15) is 9.59 Å². The maximum atomic E-state index is 12.2. The van der Waals surface area contributed by atoms with E-state index in [1.54, 1.807) is 18.2 Å². The average molecular weight is 289 g/mol. The van der Waals surface area contributed by atoms with Crippen LogP contribution in [0.25, 0.3) is 0 Å². The maximum absolute atomic E-state index is 12.2. The molecule has 0 radical (unpaired) electrons. The number of anilines is 2. The molecule has 0 aliphatic carbocycles. The molecule has 0 saturated heterocycles. The third-order valence-electron chi connectivity index (χ3n) is 2.89. The highest BCUT2D eigenvalue weighted by Crippen LogP contribution is 2.31. The van der Waals surface area contributed by atoms with E-state index in [-0.39, 0.29) is 12.3 Å². The molecule has 1 aliphatic heterocycles. The molecule has 0 fully saturated rings. The number of nitrogens with zero attached hydrogens (tertiary/aromatic N) is 3. The Balaban J connectivity index is 1.88. The lowest BCUT2D eigenvalue weighted by atomic mass is 10.2. The first-order valence-corrected chi connectivity index (χ1v) is 6.20. The summed E-state index contributed by atoms with van der Waals surface area (Å²) >= 11 is 5.88. The topological polar surface area (TPSA) is 75.2 Å². The number of imide groups is 1. The van der Waals surface area contributed by atoms with Gasteiger partial charge >= 0.3 is 6.03 Å². The standard InChI is InChI=1S/C13H9ClN4O2/c14-9-1-2-11-8(3-9)4-12(19)18(11)13(20)17-10-5-15-7-16-6-10/h1-3,5-7H,4H2,(H,17,20). The molecule has 1 aromatic heterocycles. The molecule has 100 valence electrons. The number of amides is 3. The van der Waals surface area contributed by atoms with Crippen molar-refractivity contribution in [3.8, 4) is 0 Å². The molecule has 7 heteroatoms. The fraction of sp³-hybridized carbons (Fsp3) is 0.0769. The molecule has 0 spiro atoms. The number of aromatic nitrogens is 2. The Bertz CT molecular complexity index is 690. The maximum Gasteiger partial charge on any atom is 0.333 e. The third kappa shape index (κ3) is 2.21. The van der Waals surface area contributed by atoms with E-state index in [0.717, 1.165) is 10.5 Å². The first-order valence-electron chi connectivity index (χ1n) is 5.82. The van der Waals surface area contributed by atoms with Gasteiger partial charge in [0, 0.05) is 5.02 Å². The largest absolute Gasteiger partial charge is 0.333 e. The lowest BCUT2D eigenvalue weighted by Crippen LogP contribution is -2.37. The number of rotatable bonds is 1. The Morgan fingerprint density at radius 1 is 1.30 bits per heavy atom. The zero-order chi connectivity index (χ0) is 14.1. The van der Waals surface area contributed by atoms with Gasteiger partial charge in [-0.2, -0.15) is 0 Å². The van der Waals surface area contributed by atoms with Crippen LogP contribution in [0.3, 0.4) is 0 Å². The molecule has 3 amide bonds. The van der Waals surface area contributed by atoms with Crippen LogP contribution in [-0.2, 0) is 11.2 Å². The van der Waals surface area contributed by atoms with Crippen LogP contribution in [0.2, 0.25) is 5.02 Å². The van der Waals surface area contributed by atoms with Gasteiger partial charge in [0.2, 0.25) is 5.91 Å². The van der Waals surface area contributed by atoms with E-state index in [0.29, 0.717) is 16.4 Å². The quantitative estimate of drug-likeness (QED) is 0.873. The number of fused-ring (bicyclic) bond motifs is 1. The summed E-state index contributed by atoms with van der Waals surface area (Å²) in [6.07, 6.45) is 4.42. The second-order valence-corrected chi connectivity index (χ2v) is 4.67. The highest BCUT2D eigenvalue weighted by atomic mass is 35.5. The fourth-order valence-corrected chi connectivity index (χ4v) is 2.25. The van der Waals surface area contributed by atoms with Crippen LogP contribution in [0.5, 0.6) is 0 Å². The van der Waals surface area contributed by atoms with Gasteiger partial charge in [-0.05, 0) is 23.8 Å². The van der Waals surface area contributed by atoms with Crippen LogP contribution in [0, 0.1) is 0 Å². The van der Waals surface area contributed by atoms with Crippen molar-refractivity contribution in [1.29, 1.82) is 0 Å². The minimum absolute atomic E-state index is 0.161. The van der Waals surface area contributed by atoms with Crippen molar-refractivity contribution in [2.75, 3.05) is 10.2 Å². The highest BCUT2D eigenvalue weighted by Gasteiger charge is 2.32. The molecule has 0 atom stereocenters. The Kier molecular flexibility index (Phi) is 3.08. The molecule has 0 saturated carbocycles. The molecular weight excluding hydrogens is 280 g/mol. The van der Waals surface area contributed by atoms with Gasteiger partial charge in [-0.25, -0.2) is 19.7 Å². The second kappa shape index (κ2) is 4.90. The minimum atomic E-state index is -0.536. The number of hydrogen-bond acceptors (Lipinski definition) is 4. The minimum Gasteiger partial charge on any atom is -0.304 e. The van der Waals surface area contributed by atoms with Crippen LogP contribution in [0.15, 0.2) is 36.9 Å². The molecule has 1 aromatic carbocycles. The number of benzene rings is 1. The van der Waals surface area contributed by atoms with Gasteiger partial charge in [0.05, 0.1) is 30.2 Å². The van der Waals surface area contributed by atoms with Crippen molar-refractivity contribution in [3.05, 3.63) is 47.5 Å². The third-order valence-corrected chi connectivity index (χ3v) is 3.12. The van der Waals surface area contributed by atoms with E-state index in [1.807, 2.05) is 0 Å². The molecular formula is C13H9ClN4O2. The number of nitrogens with one attached hydrogen (secondary N) is 1. The summed E-state index contributed by atoms with van der Waals surface area (Å²) in [6.45, 7) is 0.